The number of hydrogen-bond donors (Lipinski definition) is 0. The molecule has 0 aromatic carbocycles. The number of allylic oxidation sites excluding steroid dienone is 1. The highest BCUT2D eigenvalue weighted by Crippen LogP contribution is 2.28. The van der Waals surface area contributed by atoms with Gasteiger partial charge in [0.2, 0.25) is 5.91 Å². The number of pyridine rings is 1. The van der Waals surface area contributed by atoms with E-state index in [1.165, 1.54) is 76.5 Å². The molecule has 1 aromatic heterocycles. The molecule has 3 aliphatic rings. The smallest absolute Gasteiger partial charge is 0.226 e. The van der Waals surface area contributed by atoms with Gasteiger partial charge in [-0.25, -0.2) is 0 Å². The second-order valence-corrected chi connectivity index (χ2v) is 9.72. The van der Waals surface area contributed by atoms with Gasteiger partial charge in [-0.05, 0) is 75.5 Å². The predicted octanol–water partition coefficient (Wildman–Crippen LogP) is 5.35. The summed E-state index contributed by atoms with van der Waals surface area (Å²) in [5, 5.41) is 0. The minimum Gasteiger partial charge on any atom is -0.338 e. The summed E-state index contributed by atoms with van der Waals surface area (Å²) >= 11 is 0. The average molecular weight is 410 g/mol. The fraction of sp³-hybridized carbons (Fsp3) is 0.692. The van der Waals surface area contributed by atoms with Crippen LogP contribution in [0.2, 0.25) is 0 Å². The predicted molar refractivity (Wildman–Crippen MR) is 122 cm³/mol. The van der Waals surface area contributed by atoms with Gasteiger partial charge in [-0.3, -0.25) is 9.78 Å². The van der Waals surface area contributed by atoms with Gasteiger partial charge in [0, 0.05) is 44.5 Å². The second-order valence-electron chi connectivity index (χ2n) is 9.72. The first-order valence-corrected chi connectivity index (χ1v) is 12.4. The molecule has 4 heteroatoms. The van der Waals surface area contributed by atoms with Crippen molar-refractivity contribution in [2.75, 3.05) is 19.6 Å². The highest BCUT2D eigenvalue weighted by Gasteiger charge is 2.29. The Labute approximate surface area is 182 Å². The minimum absolute atomic E-state index is 0.307. The van der Waals surface area contributed by atoms with Crippen LogP contribution < -0.4 is 0 Å². The lowest BCUT2D eigenvalue weighted by Gasteiger charge is -2.41. The summed E-state index contributed by atoms with van der Waals surface area (Å²) in [6, 6.07) is 4.87. The Morgan fingerprint density at radius 1 is 1.10 bits per heavy atom. The summed E-state index contributed by atoms with van der Waals surface area (Å²) in [5.74, 6) is 0.906. The summed E-state index contributed by atoms with van der Waals surface area (Å²) in [4.78, 5) is 22.5. The third-order valence-electron chi connectivity index (χ3n) is 7.33. The van der Waals surface area contributed by atoms with E-state index in [0.29, 0.717) is 24.8 Å². The maximum atomic E-state index is 13.3. The molecule has 1 amide bonds. The van der Waals surface area contributed by atoms with Crippen molar-refractivity contribution in [1.29, 1.82) is 0 Å². The Morgan fingerprint density at radius 3 is 2.77 bits per heavy atom. The number of hydrogen-bond acceptors (Lipinski definition) is 3. The minimum atomic E-state index is 0.307. The third kappa shape index (κ3) is 6.16. The Bertz CT molecular complexity index is 695. The highest BCUT2D eigenvalue weighted by molar-refractivity contribution is 5.78. The van der Waals surface area contributed by atoms with Crippen LogP contribution in [0, 0.1) is 5.92 Å². The molecule has 0 bridgehead atoms. The highest BCUT2D eigenvalue weighted by atomic mass is 16.2. The fourth-order valence-corrected chi connectivity index (χ4v) is 5.67. The van der Waals surface area contributed by atoms with Gasteiger partial charge in [0.15, 0.2) is 0 Å². The van der Waals surface area contributed by atoms with E-state index >= 15 is 0 Å². The average Bonchev–Trinajstić information content (AvgIpc) is 2.81. The maximum Gasteiger partial charge on any atom is 0.226 e. The molecule has 2 aliphatic carbocycles. The lowest BCUT2D eigenvalue weighted by Crippen LogP contribution is -2.47. The van der Waals surface area contributed by atoms with Crippen molar-refractivity contribution in [1.82, 2.24) is 14.8 Å². The molecule has 4 nitrogen and oxygen atoms in total. The number of piperidine rings is 1. The number of rotatable bonds is 7. The van der Waals surface area contributed by atoms with Crippen molar-refractivity contribution in [3.63, 3.8) is 0 Å². The second kappa shape index (κ2) is 11.1. The van der Waals surface area contributed by atoms with Crippen LogP contribution in [-0.4, -0.2) is 46.4 Å². The van der Waals surface area contributed by atoms with Crippen molar-refractivity contribution in [2.24, 2.45) is 5.92 Å². The molecule has 1 saturated heterocycles. The van der Waals surface area contributed by atoms with Crippen molar-refractivity contribution < 1.29 is 4.79 Å². The Balaban J connectivity index is 1.40. The van der Waals surface area contributed by atoms with E-state index in [9.17, 15) is 4.79 Å². The lowest BCUT2D eigenvalue weighted by atomic mass is 9.90. The van der Waals surface area contributed by atoms with E-state index in [-0.39, 0.29) is 0 Å². The maximum absolute atomic E-state index is 13.3. The van der Waals surface area contributed by atoms with Crippen molar-refractivity contribution in [3.8, 4) is 0 Å². The first-order chi connectivity index (χ1) is 14.8. The topological polar surface area (TPSA) is 36.4 Å². The number of carbonyl (C=O) groups excluding carboxylic acids is 1. The number of likely N-dealkylation sites (tertiary alicyclic amines) is 1. The molecule has 0 spiro atoms. The fourth-order valence-electron chi connectivity index (χ4n) is 5.67. The van der Waals surface area contributed by atoms with Crippen LogP contribution in [0.1, 0.15) is 82.6 Å². The monoisotopic (exact) mass is 409 g/mol. The van der Waals surface area contributed by atoms with Crippen molar-refractivity contribution in [2.45, 2.75) is 89.6 Å². The summed E-state index contributed by atoms with van der Waals surface area (Å²) in [6.45, 7) is 4.01. The van der Waals surface area contributed by atoms with Gasteiger partial charge in [-0.2, -0.15) is 0 Å². The molecule has 164 valence electrons. The standard InChI is InChI=1S/C26H39N3O/c30-26(17-22-9-3-1-4-10-22)29(19-23-11-7-15-27-18-23)21-24-12-8-16-28(20-24)25-13-5-2-6-14-25/h7,9,11,15,18,24-25H,1-6,8,10,12-14,16-17,19-21H2. The number of aromatic nitrogens is 1. The van der Waals surface area contributed by atoms with Gasteiger partial charge in [0.1, 0.15) is 0 Å². The van der Waals surface area contributed by atoms with Crippen molar-refractivity contribution in [3.05, 3.63) is 41.7 Å². The molecule has 1 unspecified atom stereocenters. The quantitative estimate of drug-likeness (QED) is 0.570. The molecule has 1 atom stereocenters. The first-order valence-electron chi connectivity index (χ1n) is 12.4. The molecule has 1 aliphatic heterocycles. The molecule has 1 saturated carbocycles. The zero-order valence-electron chi connectivity index (χ0n) is 18.6. The van der Waals surface area contributed by atoms with E-state index in [2.05, 4.69) is 26.9 Å². The van der Waals surface area contributed by atoms with E-state index in [1.54, 1.807) is 0 Å². The molecular weight excluding hydrogens is 370 g/mol. The van der Waals surface area contributed by atoms with Gasteiger partial charge in [0.05, 0.1) is 0 Å². The molecule has 4 rings (SSSR count). The SMILES string of the molecule is O=C(CC1=CCCCC1)N(Cc1cccnc1)CC1CCCN(C2CCCCC2)C1. The molecule has 2 heterocycles. The first kappa shape index (κ1) is 21.5. The zero-order chi connectivity index (χ0) is 20.6. The summed E-state index contributed by atoms with van der Waals surface area (Å²) in [6.07, 6.45) is 20.9. The normalized spacial score (nSPS) is 23.7. The van der Waals surface area contributed by atoms with E-state index in [1.807, 2.05) is 18.5 Å². The van der Waals surface area contributed by atoms with Crippen molar-refractivity contribution >= 4 is 5.91 Å². The number of nitrogens with zero attached hydrogens (tertiary/aromatic N) is 3. The molecule has 0 radical (unpaired) electrons. The lowest BCUT2D eigenvalue weighted by molar-refractivity contribution is -0.132. The Kier molecular flexibility index (Phi) is 7.96. The van der Waals surface area contributed by atoms with Crippen LogP contribution >= 0.6 is 0 Å². The molecule has 30 heavy (non-hydrogen) atoms. The van der Waals surface area contributed by atoms with Crippen LogP contribution in [0.3, 0.4) is 0 Å². The third-order valence-corrected chi connectivity index (χ3v) is 7.33. The van der Waals surface area contributed by atoms with Crippen LogP contribution in [0.4, 0.5) is 0 Å². The van der Waals surface area contributed by atoms with Gasteiger partial charge in [-0.15, -0.1) is 0 Å². The largest absolute Gasteiger partial charge is 0.338 e. The molecule has 2 fully saturated rings. The summed E-state index contributed by atoms with van der Waals surface area (Å²) in [5.41, 5.74) is 2.50. The van der Waals surface area contributed by atoms with Crippen LogP contribution in [0.15, 0.2) is 36.2 Å². The Morgan fingerprint density at radius 2 is 2.00 bits per heavy atom. The van der Waals surface area contributed by atoms with E-state index < -0.39 is 0 Å². The summed E-state index contributed by atoms with van der Waals surface area (Å²) < 4.78 is 0. The van der Waals surface area contributed by atoms with Crippen LogP contribution in [0.5, 0.6) is 0 Å². The van der Waals surface area contributed by atoms with Crippen LogP contribution in [0.25, 0.3) is 0 Å². The van der Waals surface area contributed by atoms with Gasteiger partial charge < -0.3 is 9.80 Å². The molecule has 1 aromatic rings. The zero-order valence-corrected chi connectivity index (χ0v) is 18.6. The van der Waals surface area contributed by atoms with Gasteiger partial charge in [0.25, 0.3) is 0 Å². The number of carbonyl (C=O) groups is 1. The number of amides is 1. The molecular formula is C26H39N3O. The molecule has 0 N–H and O–H groups in total. The Hall–Kier alpha value is -1.68. The summed E-state index contributed by atoms with van der Waals surface area (Å²) in [7, 11) is 0. The van der Waals surface area contributed by atoms with Gasteiger partial charge >= 0.3 is 0 Å². The van der Waals surface area contributed by atoms with Crippen LogP contribution in [-0.2, 0) is 11.3 Å². The van der Waals surface area contributed by atoms with E-state index in [0.717, 1.165) is 31.0 Å². The van der Waals surface area contributed by atoms with E-state index in [4.69, 9.17) is 0 Å². The van der Waals surface area contributed by atoms with Gasteiger partial charge in [-0.1, -0.05) is 37.0 Å².